The minimum absolute atomic E-state index is 0.464. The summed E-state index contributed by atoms with van der Waals surface area (Å²) in [7, 11) is 0. The molecule has 0 rings (SSSR count). The summed E-state index contributed by atoms with van der Waals surface area (Å²) in [5, 5.41) is 0. The topological polar surface area (TPSA) is 6.48 Å². The summed E-state index contributed by atoms with van der Waals surface area (Å²) < 4.78 is 0. The van der Waals surface area contributed by atoms with Gasteiger partial charge < -0.3 is 0 Å². The largest absolute Gasteiger partial charge is 0.295 e. The molecule has 0 N–H and O–H groups in total. The van der Waals surface area contributed by atoms with E-state index in [0.29, 0.717) is 6.04 Å². The molecule has 0 fully saturated rings. The van der Waals surface area contributed by atoms with Gasteiger partial charge in [-0.1, -0.05) is 24.3 Å². The van der Waals surface area contributed by atoms with Crippen LogP contribution in [0.5, 0.6) is 0 Å². The van der Waals surface area contributed by atoms with Crippen LogP contribution in [-0.2, 0) is 0 Å². The molecule has 2 nitrogen and oxygen atoms in total. The monoisotopic (exact) mass is 234 g/mol. The van der Waals surface area contributed by atoms with Crippen LogP contribution in [0, 0.1) is 0 Å². The molecule has 2 heteroatoms. The molecule has 0 spiro atoms. The molecule has 0 aliphatic heterocycles. The van der Waals surface area contributed by atoms with Crippen LogP contribution in [-0.4, -0.2) is 48.6 Å². The van der Waals surface area contributed by atoms with Crippen LogP contribution in [0.15, 0.2) is 50.6 Å². The molecule has 0 aliphatic carbocycles. The van der Waals surface area contributed by atoms with E-state index in [4.69, 9.17) is 0 Å². The first-order valence-corrected chi connectivity index (χ1v) is 6.09. The van der Waals surface area contributed by atoms with Gasteiger partial charge in [0.2, 0.25) is 0 Å². The lowest BCUT2D eigenvalue weighted by Crippen LogP contribution is -2.42. The fourth-order valence-corrected chi connectivity index (χ4v) is 1.84. The molecule has 0 aromatic carbocycles. The Morgan fingerprint density at radius 2 is 1.24 bits per heavy atom. The SMILES string of the molecule is C=CCN(CC=C)CC(C)N(CC=C)CC=C. The Bertz CT molecular complexity index is 225. The Morgan fingerprint density at radius 1 is 0.824 bits per heavy atom. The standard InChI is InChI=1S/C15H26N2/c1-6-10-16(11-7-2)14-15(5)17(12-8-3)13-9-4/h6-9,15H,1-4,10-14H2,5H3. The lowest BCUT2D eigenvalue weighted by atomic mass is 10.2. The first-order valence-electron chi connectivity index (χ1n) is 6.09. The second-order valence-electron chi connectivity index (χ2n) is 4.18. The van der Waals surface area contributed by atoms with Crippen molar-refractivity contribution in [2.24, 2.45) is 0 Å². The molecule has 0 aliphatic rings. The predicted octanol–water partition coefficient (Wildman–Crippen LogP) is 2.72. The van der Waals surface area contributed by atoms with E-state index in [1.165, 1.54) is 0 Å². The molecule has 96 valence electrons. The van der Waals surface area contributed by atoms with Crippen molar-refractivity contribution in [2.75, 3.05) is 32.7 Å². The fraction of sp³-hybridized carbons (Fsp3) is 0.467. The molecule has 17 heavy (non-hydrogen) atoms. The molecule has 0 radical (unpaired) electrons. The van der Waals surface area contributed by atoms with E-state index in [1.54, 1.807) is 0 Å². The molecule has 0 heterocycles. The van der Waals surface area contributed by atoms with Gasteiger partial charge in [0.25, 0.3) is 0 Å². The Hall–Kier alpha value is -1.12. The first-order chi connectivity index (χ1) is 8.19. The highest BCUT2D eigenvalue weighted by atomic mass is 15.2. The highest BCUT2D eigenvalue weighted by Gasteiger charge is 2.13. The third kappa shape index (κ3) is 6.93. The smallest absolute Gasteiger partial charge is 0.0201 e. The van der Waals surface area contributed by atoms with Crippen molar-refractivity contribution in [1.82, 2.24) is 9.80 Å². The van der Waals surface area contributed by atoms with Crippen LogP contribution in [0.25, 0.3) is 0 Å². The number of nitrogens with zero attached hydrogens (tertiary/aromatic N) is 2. The molecular formula is C15H26N2. The molecule has 0 bridgehead atoms. The van der Waals surface area contributed by atoms with E-state index in [2.05, 4.69) is 43.0 Å². The lowest BCUT2D eigenvalue weighted by Gasteiger charge is -2.31. The summed E-state index contributed by atoms with van der Waals surface area (Å²) in [4.78, 5) is 4.67. The normalized spacial score (nSPS) is 12.4. The molecule has 1 unspecified atom stereocenters. The van der Waals surface area contributed by atoms with Crippen LogP contribution in [0.4, 0.5) is 0 Å². The Kier molecular flexibility index (Phi) is 9.40. The van der Waals surface area contributed by atoms with Gasteiger partial charge in [-0.25, -0.2) is 0 Å². The maximum absolute atomic E-state index is 3.80. The van der Waals surface area contributed by atoms with Crippen LogP contribution in [0.1, 0.15) is 6.92 Å². The minimum Gasteiger partial charge on any atom is -0.295 e. The van der Waals surface area contributed by atoms with Crippen molar-refractivity contribution >= 4 is 0 Å². The average Bonchev–Trinajstić information content (AvgIpc) is 2.29. The van der Waals surface area contributed by atoms with E-state index in [-0.39, 0.29) is 0 Å². The lowest BCUT2D eigenvalue weighted by molar-refractivity contribution is 0.189. The van der Waals surface area contributed by atoms with Gasteiger partial charge in [-0.2, -0.15) is 0 Å². The van der Waals surface area contributed by atoms with Crippen LogP contribution >= 0.6 is 0 Å². The van der Waals surface area contributed by atoms with Crippen molar-refractivity contribution in [1.29, 1.82) is 0 Å². The van der Waals surface area contributed by atoms with Gasteiger partial charge in [0.1, 0.15) is 0 Å². The van der Waals surface area contributed by atoms with Crippen molar-refractivity contribution in [2.45, 2.75) is 13.0 Å². The van der Waals surface area contributed by atoms with E-state index < -0.39 is 0 Å². The summed E-state index contributed by atoms with van der Waals surface area (Å²) in [5.74, 6) is 0. The van der Waals surface area contributed by atoms with Gasteiger partial charge in [-0.3, -0.25) is 9.80 Å². The fourth-order valence-electron chi connectivity index (χ4n) is 1.84. The highest BCUT2D eigenvalue weighted by molar-refractivity contribution is 4.87. The number of rotatable bonds is 11. The summed E-state index contributed by atoms with van der Waals surface area (Å²) in [6, 6.07) is 0.464. The van der Waals surface area contributed by atoms with Crippen LogP contribution in [0.3, 0.4) is 0 Å². The van der Waals surface area contributed by atoms with E-state index >= 15 is 0 Å². The zero-order valence-corrected chi connectivity index (χ0v) is 11.1. The Labute approximate surface area is 107 Å². The first kappa shape index (κ1) is 15.9. The van der Waals surface area contributed by atoms with Crippen LogP contribution in [0.2, 0.25) is 0 Å². The summed E-state index contributed by atoms with van der Waals surface area (Å²) in [6.45, 7) is 22.0. The van der Waals surface area contributed by atoms with Gasteiger partial charge in [0.05, 0.1) is 0 Å². The van der Waals surface area contributed by atoms with Gasteiger partial charge in [-0.05, 0) is 6.92 Å². The maximum Gasteiger partial charge on any atom is 0.0201 e. The van der Waals surface area contributed by atoms with Gasteiger partial charge in [-0.15, -0.1) is 26.3 Å². The van der Waals surface area contributed by atoms with Crippen molar-refractivity contribution in [3.63, 3.8) is 0 Å². The highest BCUT2D eigenvalue weighted by Crippen LogP contribution is 2.03. The van der Waals surface area contributed by atoms with E-state index in [0.717, 1.165) is 32.7 Å². The zero-order valence-electron chi connectivity index (χ0n) is 11.1. The van der Waals surface area contributed by atoms with Crippen molar-refractivity contribution in [3.8, 4) is 0 Å². The van der Waals surface area contributed by atoms with E-state index in [1.807, 2.05) is 24.3 Å². The van der Waals surface area contributed by atoms with Crippen molar-refractivity contribution in [3.05, 3.63) is 50.6 Å². The number of hydrogen-bond acceptors (Lipinski definition) is 2. The molecule has 0 aromatic heterocycles. The van der Waals surface area contributed by atoms with Crippen molar-refractivity contribution < 1.29 is 0 Å². The van der Waals surface area contributed by atoms with Gasteiger partial charge in [0, 0.05) is 38.8 Å². The quantitative estimate of drug-likeness (QED) is 0.507. The summed E-state index contributed by atoms with van der Waals surface area (Å²) in [5.41, 5.74) is 0. The number of hydrogen-bond donors (Lipinski definition) is 0. The Morgan fingerprint density at radius 3 is 1.59 bits per heavy atom. The van der Waals surface area contributed by atoms with Gasteiger partial charge >= 0.3 is 0 Å². The van der Waals surface area contributed by atoms with Gasteiger partial charge in [0.15, 0.2) is 0 Å². The van der Waals surface area contributed by atoms with E-state index in [9.17, 15) is 0 Å². The average molecular weight is 234 g/mol. The molecule has 0 amide bonds. The molecule has 0 saturated heterocycles. The second kappa shape index (κ2) is 10.1. The Balaban J connectivity index is 4.35. The molecule has 0 saturated carbocycles. The minimum atomic E-state index is 0.464. The second-order valence-corrected chi connectivity index (χ2v) is 4.18. The predicted molar refractivity (Wildman–Crippen MR) is 78.3 cm³/mol. The summed E-state index contributed by atoms with van der Waals surface area (Å²) >= 11 is 0. The molecule has 0 aromatic rings. The maximum atomic E-state index is 3.80. The molecular weight excluding hydrogens is 208 g/mol. The zero-order chi connectivity index (χ0) is 13.1. The van der Waals surface area contributed by atoms with Crippen LogP contribution < -0.4 is 0 Å². The molecule has 1 atom stereocenters. The third-order valence-electron chi connectivity index (χ3n) is 2.65. The third-order valence-corrected chi connectivity index (χ3v) is 2.65. The summed E-state index contributed by atoms with van der Waals surface area (Å²) in [6.07, 6.45) is 7.74.